The van der Waals surface area contributed by atoms with Gasteiger partial charge in [-0.1, -0.05) is 36.4 Å². The third-order valence-corrected chi connectivity index (χ3v) is 3.10. The minimum atomic E-state index is -0.824. The van der Waals surface area contributed by atoms with Crippen molar-refractivity contribution in [2.24, 2.45) is 0 Å². The van der Waals surface area contributed by atoms with E-state index in [1.54, 1.807) is 18.2 Å². The van der Waals surface area contributed by atoms with Gasteiger partial charge in [0.25, 0.3) is 0 Å². The van der Waals surface area contributed by atoms with Gasteiger partial charge in [-0.2, -0.15) is 0 Å². The van der Waals surface area contributed by atoms with Crippen LogP contribution in [0.1, 0.15) is 5.56 Å². The van der Waals surface area contributed by atoms with Crippen LogP contribution in [0.5, 0.6) is 0 Å². The molecule has 0 fully saturated rings. The fraction of sp³-hybridized carbons (Fsp3) is 0.125. The zero-order valence-corrected chi connectivity index (χ0v) is 10.5. The fourth-order valence-electron chi connectivity index (χ4n) is 1.96. The van der Waals surface area contributed by atoms with E-state index in [1.807, 2.05) is 30.3 Å². The molecule has 0 amide bonds. The summed E-state index contributed by atoms with van der Waals surface area (Å²) in [4.78, 5) is 0. The van der Waals surface area contributed by atoms with E-state index < -0.39 is 5.54 Å². The number of aliphatic hydroxyl groups is 1. The number of anilines is 1. The van der Waals surface area contributed by atoms with Crippen molar-refractivity contribution >= 4 is 5.69 Å². The van der Waals surface area contributed by atoms with Crippen molar-refractivity contribution in [2.45, 2.75) is 5.54 Å². The Morgan fingerprint density at radius 3 is 2.26 bits per heavy atom. The Morgan fingerprint density at radius 2 is 1.74 bits per heavy atom. The molecular weight excluding hydrogens is 241 g/mol. The van der Waals surface area contributed by atoms with Gasteiger partial charge in [0.1, 0.15) is 11.4 Å². The predicted molar refractivity (Wildman–Crippen MR) is 75.4 cm³/mol. The van der Waals surface area contributed by atoms with Crippen LogP contribution >= 0.6 is 0 Å². The summed E-state index contributed by atoms with van der Waals surface area (Å²) in [6.45, 7) is 3.61. The van der Waals surface area contributed by atoms with Gasteiger partial charge in [-0.05, 0) is 29.8 Å². The van der Waals surface area contributed by atoms with E-state index in [9.17, 15) is 9.50 Å². The van der Waals surface area contributed by atoms with Crippen LogP contribution in [0.2, 0.25) is 0 Å². The molecule has 2 rings (SSSR count). The summed E-state index contributed by atoms with van der Waals surface area (Å²) < 4.78 is 13.0. The number of hydrogen-bond donors (Lipinski definition) is 2. The van der Waals surface area contributed by atoms with E-state index in [1.165, 1.54) is 12.1 Å². The number of nitrogens with one attached hydrogen (secondary N) is 1. The molecule has 98 valence electrons. The molecule has 19 heavy (non-hydrogen) atoms. The molecule has 0 aromatic heterocycles. The average molecular weight is 257 g/mol. The summed E-state index contributed by atoms with van der Waals surface area (Å²) in [6, 6.07) is 15.5. The summed E-state index contributed by atoms with van der Waals surface area (Å²) in [5, 5.41) is 13.0. The first-order valence-electron chi connectivity index (χ1n) is 6.04. The van der Waals surface area contributed by atoms with Crippen LogP contribution in [0.3, 0.4) is 0 Å². The van der Waals surface area contributed by atoms with Gasteiger partial charge in [0.15, 0.2) is 0 Å². The van der Waals surface area contributed by atoms with Crippen molar-refractivity contribution in [2.75, 3.05) is 11.9 Å². The minimum absolute atomic E-state index is 0.170. The first-order valence-corrected chi connectivity index (χ1v) is 6.04. The zero-order chi connectivity index (χ0) is 13.7. The second-order valence-electron chi connectivity index (χ2n) is 4.33. The summed E-state index contributed by atoms with van der Waals surface area (Å²) >= 11 is 0. The number of halogens is 1. The molecule has 0 saturated carbocycles. The molecule has 2 aromatic rings. The first kappa shape index (κ1) is 13.3. The van der Waals surface area contributed by atoms with Gasteiger partial charge in [0.05, 0.1) is 6.61 Å². The topological polar surface area (TPSA) is 32.3 Å². The van der Waals surface area contributed by atoms with Gasteiger partial charge < -0.3 is 10.4 Å². The summed E-state index contributed by atoms with van der Waals surface area (Å²) in [7, 11) is 0. The molecule has 0 unspecified atom stereocenters. The molecule has 0 bridgehead atoms. The van der Waals surface area contributed by atoms with E-state index >= 15 is 0 Å². The van der Waals surface area contributed by atoms with Crippen molar-refractivity contribution in [3.8, 4) is 0 Å². The second kappa shape index (κ2) is 5.67. The highest BCUT2D eigenvalue weighted by atomic mass is 19.1. The van der Waals surface area contributed by atoms with Crippen LogP contribution in [0, 0.1) is 5.82 Å². The van der Waals surface area contributed by atoms with Crippen molar-refractivity contribution < 1.29 is 9.50 Å². The van der Waals surface area contributed by atoms with Crippen molar-refractivity contribution in [3.63, 3.8) is 0 Å². The molecule has 2 N–H and O–H groups in total. The number of benzene rings is 2. The van der Waals surface area contributed by atoms with E-state index in [0.29, 0.717) is 0 Å². The summed E-state index contributed by atoms with van der Waals surface area (Å²) in [5.74, 6) is -0.306. The lowest BCUT2D eigenvalue weighted by molar-refractivity contribution is 0.241. The molecule has 0 spiro atoms. The van der Waals surface area contributed by atoms with Gasteiger partial charge in [0.2, 0.25) is 0 Å². The lowest BCUT2D eigenvalue weighted by Crippen LogP contribution is -2.37. The van der Waals surface area contributed by atoms with Crippen LogP contribution in [-0.2, 0) is 5.54 Å². The Bertz CT molecular complexity index is 538. The SMILES string of the molecule is C=C[C@](CO)(Nc1ccccc1)c1ccc(F)cc1. The Balaban J connectivity index is 2.37. The molecule has 2 nitrogen and oxygen atoms in total. The summed E-state index contributed by atoms with van der Waals surface area (Å²) in [5.41, 5.74) is 0.797. The van der Waals surface area contributed by atoms with Crippen LogP contribution in [0.15, 0.2) is 67.3 Å². The maximum Gasteiger partial charge on any atom is 0.123 e. The maximum absolute atomic E-state index is 13.0. The Kier molecular flexibility index (Phi) is 3.97. The standard InChI is InChI=1S/C16H16FNO/c1-2-16(12-19,13-8-10-14(17)11-9-13)18-15-6-4-3-5-7-15/h2-11,18-19H,1,12H2/t16-/m1/s1. The number of para-hydroxylation sites is 1. The average Bonchev–Trinajstić information content (AvgIpc) is 2.47. The molecule has 0 aliphatic rings. The predicted octanol–water partition coefficient (Wildman–Crippen LogP) is 3.31. The Morgan fingerprint density at radius 1 is 1.11 bits per heavy atom. The molecule has 2 aromatic carbocycles. The molecular formula is C16H16FNO. The second-order valence-corrected chi connectivity index (χ2v) is 4.33. The molecule has 0 radical (unpaired) electrons. The normalized spacial score (nSPS) is 13.6. The van der Waals surface area contributed by atoms with Gasteiger partial charge in [-0.25, -0.2) is 4.39 Å². The monoisotopic (exact) mass is 257 g/mol. The number of aliphatic hydroxyl groups excluding tert-OH is 1. The first-order chi connectivity index (χ1) is 9.20. The third-order valence-electron chi connectivity index (χ3n) is 3.10. The zero-order valence-electron chi connectivity index (χ0n) is 10.5. The number of hydrogen-bond acceptors (Lipinski definition) is 2. The summed E-state index contributed by atoms with van der Waals surface area (Å²) in [6.07, 6.45) is 1.63. The molecule has 0 saturated heterocycles. The Labute approximate surface area is 112 Å². The van der Waals surface area contributed by atoms with Crippen LogP contribution in [0.25, 0.3) is 0 Å². The molecule has 0 aliphatic carbocycles. The van der Waals surface area contributed by atoms with Gasteiger partial charge >= 0.3 is 0 Å². The highest BCUT2D eigenvalue weighted by Gasteiger charge is 2.27. The van der Waals surface area contributed by atoms with Crippen molar-refractivity contribution in [3.05, 3.63) is 78.6 Å². The highest BCUT2D eigenvalue weighted by Crippen LogP contribution is 2.27. The van der Waals surface area contributed by atoms with E-state index in [0.717, 1.165) is 11.3 Å². The molecule has 1 atom stereocenters. The van der Waals surface area contributed by atoms with Crippen LogP contribution < -0.4 is 5.32 Å². The fourth-order valence-corrected chi connectivity index (χ4v) is 1.96. The van der Waals surface area contributed by atoms with Crippen LogP contribution in [-0.4, -0.2) is 11.7 Å². The van der Waals surface area contributed by atoms with Crippen molar-refractivity contribution in [1.29, 1.82) is 0 Å². The quantitative estimate of drug-likeness (QED) is 0.805. The van der Waals surface area contributed by atoms with Gasteiger partial charge in [0, 0.05) is 5.69 Å². The van der Waals surface area contributed by atoms with Gasteiger partial charge in [-0.15, -0.1) is 6.58 Å². The van der Waals surface area contributed by atoms with Gasteiger partial charge in [-0.3, -0.25) is 0 Å². The molecule has 0 aliphatic heterocycles. The third kappa shape index (κ3) is 2.83. The molecule has 3 heteroatoms. The lowest BCUT2D eigenvalue weighted by atomic mass is 9.90. The largest absolute Gasteiger partial charge is 0.393 e. The lowest BCUT2D eigenvalue weighted by Gasteiger charge is -2.31. The highest BCUT2D eigenvalue weighted by molar-refractivity contribution is 5.50. The smallest absolute Gasteiger partial charge is 0.123 e. The molecule has 0 heterocycles. The minimum Gasteiger partial charge on any atom is -0.393 e. The van der Waals surface area contributed by atoms with Crippen LogP contribution in [0.4, 0.5) is 10.1 Å². The van der Waals surface area contributed by atoms with Crippen molar-refractivity contribution in [1.82, 2.24) is 0 Å². The van der Waals surface area contributed by atoms with E-state index in [4.69, 9.17) is 0 Å². The number of rotatable bonds is 5. The van der Waals surface area contributed by atoms with E-state index in [2.05, 4.69) is 11.9 Å². The van der Waals surface area contributed by atoms with E-state index in [-0.39, 0.29) is 12.4 Å². The Hall–Kier alpha value is -2.13. The maximum atomic E-state index is 13.0.